The van der Waals surface area contributed by atoms with Crippen LogP contribution in [-0.4, -0.2) is 23.9 Å². The molecule has 0 saturated carbocycles. The summed E-state index contributed by atoms with van der Waals surface area (Å²) < 4.78 is 18.2. The molecule has 5 heteroatoms. The quantitative estimate of drug-likeness (QED) is 0.602. The van der Waals surface area contributed by atoms with Gasteiger partial charge in [-0.15, -0.1) is 0 Å². The molecule has 2 aliphatic heterocycles. The highest BCUT2D eigenvalue weighted by molar-refractivity contribution is 5.62. The van der Waals surface area contributed by atoms with Gasteiger partial charge in [0.05, 0.1) is 25.2 Å². The normalized spacial score (nSPS) is 18.1. The molecule has 2 aromatic carbocycles. The van der Waals surface area contributed by atoms with Crippen molar-refractivity contribution in [3.8, 4) is 28.7 Å². The molecule has 0 radical (unpaired) electrons. The van der Waals surface area contributed by atoms with Crippen LogP contribution in [-0.2, 0) is 12.8 Å². The van der Waals surface area contributed by atoms with Crippen LogP contribution in [0.25, 0.3) is 0 Å². The second-order valence-electron chi connectivity index (χ2n) is 8.77. The van der Waals surface area contributed by atoms with Crippen LogP contribution in [0.3, 0.4) is 0 Å². The summed E-state index contributed by atoms with van der Waals surface area (Å²) in [4.78, 5) is 0. The predicted octanol–water partition coefficient (Wildman–Crippen LogP) is 5.73. The predicted molar refractivity (Wildman–Crippen MR) is 121 cm³/mol. The zero-order valence-electron chi connectivity index (χ0n) is 18.8. The largest absolute Gasteiger partial charge is 0.508 e. The van der Waals surface area contributed by atoms with Crippen LogP contribution in [0.1, 0.15) is 62.0 Å². The molecule has 0 bridgehead atoms. The van der Waals surface area contributed by atoms with Crippen molar-refractivity contribution in [1.82, 2.24) is 0 Å². The van der Waals surface area contributed by atoms with Gasteiger partial charge in [-0.2, -0.15) is 0 Å². The lowest BCUT2D eigenvalue weighted by atomic mass is 9.86. The van der Waals surface area contributed by atoms with Gasteiger partial charge in [-0.25, -0.2) is 0 Å². The van der Waals surface area contributed by atoms with Gasteiger partial charge >= 0.3 is 0 Å². The summed E-state index contributed by atoms with van der Waals surface area (Å²) in [6.45, 7) is 8.58. The van der Waals surface area contributed by atoms with Gasteiger partial charge in [-0.1, -0.05) is 23.3 Å². The highest BCUT2D eigenvalue weighted by Gasteiger charge is 2.44. The Morgan fingerprint density at radius 1 is 1.00 bits per heavy atom. The van der Waals surface area contributed by atoms with E-state index in [4.69, 9.17) is 14.2 Å². The third-order valence-electron chi connectivity index (χ3n) is 5.94. The Morgan fingerprint density at radius 3 is 2.35 bits per heavy atom. The van der Waals surface area contributed by atoms with Crippen LogP contribution in [0.4, 0.5) is 0 Å². The summed E-state index contributed by atoms with van der Waals surface area (Å²) in [5, 5.41) is 21.1. The Hall–Kier alpha value is -3.08. The summed E-state index contributed by atoms with van der Waals surface area (Å²) in [7, 11) is 1.61. The number of benzene rings is 2. The van der Waals surface area contributed by atoms with Gasteiger partial charge in [-0.3, -0.25) is 0 Å². The first kappa shape index (κ1) is 21.2. The number of ether oxygens (including phenoxy) is 3. The molecule has 0 aromatic heterocycles. The molecule has 5 nitrogen and oxygen atoms in total. The fraction of sp³-hybridized carbons (Fsp3) is 0.385. The molecule has 0 saturated heterocycles. The van der Waals surface area contributed by atoms with Crippen molar-refractivity contribution in [2.45, 2.75) is 52.6 Å². The Labute approximate surface area is 183 Å². The smallest absolute Gasteiger partial charge is 0.141 e. The minimum atomic E-state index is -0.294. The molecule has 2 heterocycles. The van der Waals surface area contributed by atoms with Gasteiger partial charge in [-0.05, 0) is 52.2 Å². The first-order valence-corrected chi connectivity index (χ1v) is 10.6. The molecule has 31 heavy (non-hydrogen) atoms. The van der Waals surface area contributed by atoms with E-state index in [0.717, 1.165) is 27.8 Å². The van der Waals surface area contributed by atoms with E-state index in [1.165, 1.54) is 5.57 Å². The molecular weight excluding hydrogens is 392 g/mol. The summed E-state index contributed by atoms with van der Waals surface area (Å²) in [6.07, 6.45) is 5.09. The third-order valence-corrected chi connectivity index (χ3v) is 5.94. The van der Waals surface area contributed by atoms with Crippen LogP contribution < -0.4 is 14.2 Å². The Morgan fingerprint density at radius 2 is 1.68 bits per heavy atom. The number of phenols is 2. The lowest BCUT2D eigenvalue weighted by Gasteiger charge is -2.30. The number of hydrogen-bond acceptors (Lipinski definition) is 5. The first-order valence-electron chi connectivity index (χ1n) is 10.6. The number of allylic oxidation sites excluding steroid dienone is 4. The maximum absolute atomic E-state index is 10.6. The van der Waals surface area contributed by atoms with Gasteiger partial charge in [0.15, 0.2) is 0 Å². The maximum atomic E-state index is 10.6. The van der Waals surface area contributed by atoms with Crippen molar-refractivity contribution in [1.29, 1.82) is 0 Å². The molecule has 2 atom stereocenters. The molecule has 0 aliphatic carbocycles. The standard InChI is InChI=1S/C26H30O5/c1-14(2)6-8-16-10-18-19-13-30-23-12-21(28)17(9-7-15(3)4)25(29-5)24(23)26(19)31-22(18)11-20(16)27/h6-7,10-12,19,26-28H,8-9,13H2,1-5H3. The molecule has 2 aromatic rings. The number of hydrogen-bond donors (Lipinski definition) is 2. The van der Waals surface area contributed by atoms with Crippen LogP contribution >= 0.6 is 0 Å². The van der Waals surface area contributed by atoms with Crippen molar-refractivity contribution in [2.24, 2.45) is 0 Å². The number of fused-ring (bicyclic) bond motifs is 5. The van der Waals surface area contributed by atoms with Gasteiger partial charge in [0.2, 0.25) is 0 Å². The number of phenolic OH excluding ortho intramolecular Hbond substituents is 2. The van der Waals surface area contributed by atoms with E-state index in [1.807, 2.05) is 33.8 Å². The highest BCUT2D eigenvalue weighted by atomic mass is 16.5. The van der Waals surface area contributed by atoms with E-state index in [0.29, 0.717) is 36.7 Å². The molecule has 0 fully saturated rings. The Balaban J connectivity index is 1.77. The SMILES string of the molecule is COc1c(CC=C(C)C)c(O)cc2c1C1Oc3cc(O)c(CC=C(C)C)cc3C1CO2. The molecule has 2 N–H and O–H groups in total. The van der Waals surface area contributed by atoms with Gasteiger partial charge < -0.3 is 24.4 Å². The second-order valence-corrected chi connectivity index (χ2v) is 8.77. The molecular formula is C26H30O5. The monoisotopic (exact) mass is 422 g/mol. The van der Waals surface area contributed by atoms with E-state index in [9.17, 15) is 10.2 Å². The molecule has 164 valence electrons. The zero-order valence-corrected chi connectivity index (χ0v) is 18.8. The first-order chi connectivity index (χ1) is 14.8. The molecule has 0 amide bonds. The summed E-state index contributed by atoms with van der Waals surface area (Å²) in [6, 6.07) is 5.39. The van der Waals surface area contributed by atoms with Crippen molar-refractivity contribution in [3.63, 3.8) is 0 Å². The fourth-order valence-corrected chi connectivity index (χ4v) is 4.31. The lowest BCUT2D eigenvalue weighted by Crippen LogP contribution is -2.24. The van der Waals surface area contributed by atoms with Crippen LogP contribution in [0.5, 0.6) is 28.7 Å². The van der Waals surface area contributed by atoms with E-state index in [1.54, 1.807) is 19.2 Å². The summed E-state index contributed by atoms with van der Waals surface area (Å²) in [5.74, 6) is 2.23. The zero-order chi connectivity index (χ0) is 22.3. The summed E-state index contributed by atoms with van der Waals surface area (Å²) >= 11 is 0. The summed E-state index contributed by atoms with van der Waals surface area (Å²) in [5.41, 5.74) is 5.81. The fourth-order valence-electron chi connectivity index (χ4n) is 4.31. The van der Waals surface area contributed by atoms with Crippen LogP contribution in [0.2, 0.25) is 0 Å². The van der Waals surface area contributed by atoms with Crippen LogP contribution in [0.15, 0.2) is 41.5 Å². The molecule has 2 unspecified atom stereocenters. The van der Waals surface area contributed by atoms with Gasteiger partial charge in [0.1, 0.15) is 34.9 Å². The molecule has 0 spiro atoms. The van der Waals surface area contributed by atoms with Crippen LogP contribution in [0, 0.1) is 0 Å². The van der Waals surface area contributed by atoms with Crippen molar-refractivity contribution >= 4 is 0 Å². The minimum Gasteiger partial charge on any atom is -0.508 e. The van der Waals surface area contributed by atoms with Crippen molar-refractivity contribution < 1.29 is 24.4 Å². The van der Waals surface area contributed by atoms with E-state index < -0.39 is 0 Å². The second kappa shape index (κ2) is 8.22. The minimum absolute atomic E-state index is 0.0108. The average Bonchev–Trinajstić information content (AvgIpc) is 3.06. The number of methoxy groups -OCH3 is 1. The molecule has 4 rings (SSSR count). The van der Waals surface area contributed by atoms with E-state index in [2.05, 4.69) is 12.2 Å². The number of aromatic hydroxyl groups is 2. The highest BCUT2D eigenvalue weighted by Crippen LogP contribution is 2.56. The van der Waals surface area contributed by atoms with E-state index >= 15 is 0 Å². The van der Waals surface area contributed by atoms with Crippen molar-refractivity contribution in [2.75, 3.05) is 13.7 Å². The molecule has 2 aliphatic rings. The number of rotatable bonds is 5. The third kappa shape index (κ3) is 3.85. The Bertz CT molecular complexity index is 1070. The lowest BCUT2D eigenvalue weighted by molar-refractivity contribution is 0.135. The maximum Gasteiger partial charge on any atom is 0.141 e. The average molecular weight is 423 g/mol. The van der Waals surface area contributed by atoms with Gasteiger partial charge in [0, 0.05) is 23.3 Å². The van der Waals surface area contributed by atoms with E-state index in [-0.39, 0.29) is 23.5 Å². The Kier molecular flexibility index (Phi) is 5.61. The van der Waals surface area contributed by atoms with Gasteiger partial charge in [0.25, 0.3) is 0 Å². The van der Waals surface area contributed by atoms with Crippen molar-refractivity contribution in [3.05, 3.63) is 63.8 Å². The topological polar surface area (TPSA) is 68.2 Å².